The van der Waals surface area contributed by atoms with E-state index in [1.165, 1.54) is 0 Å². The van der Waals surface area contributed by atoms with Gasteiger partial charge in [-0.2, -0.15) is 5.26 Å². The molecule has 8 heteroatoms. The zero-order chi connectivity index (χ0) is 25.5. The molecule has 1 atom stereocenters. The van der Waals surface area contributed by atoms with Gasteiger partial charge in [-0.05, 0) is 54.4 Å². The Morgan fingerprint density at radius 1 is 1.29 bits per heavy atom. The molecule has 0 saturated carbocycles. The van der Waals surface area contributed by atoms with Crippen LogP contribution in [0.1, 0.15) is 79.1 Å². The van der Waals surface area contributed by atoms with E-state index in [4.69, 9.17) is 28.2 Å². The Hall–Kier alpha value is -2.33. The van der Waals surface area contributed by atoms with E-state index in [1.54, 1.807) is 12.1 Å². The number of hydrogen-bond donors (Lipinski definition) is 1. The molecule has 2 heterocycles. The maximum atomic E-state index is 13.4. The molecule has 1 aliphatic carbocycles. The standard InChI is InChI=1S/C27H32Cl2N4O2/c1-16-11-17(14-30)12-22-25(16)31-23(32(22)4)13-20-21(28)6-5-19(24(20)29)26(35)33-9-7-18(8-10-33)27(2,3)15-34/h5-6,12,16,18,34H,7-11,13,15H2,1-4H3. The predicted molar refractivity (Wildman–Crippen MR) is 139 cm³/mol. The molecule has 6 nitrogen and oxygen atoms in total. The lowest BCUT2D eigenvalue weighted by Gasteiger charge is -2.39. The highest BCUT2D eigenvalue weighted by molar-refractivity contribution is 6.38. The first-order valence-corrected chi connectivity index (χ1v) is 12.9. The van der Waals surface area contributed by atoms with Crippen molar-refractivity contribution in [1.29, 1.82) is 5.26 Å². The summed E-state index contributed by atoms with van der Waals surface area (Å²) >= 11 is 13.4. The van der Waals surface area contributed by atoms with Crippen molar-refractivity contribution in [2.45, 2.75) is 52.4 Å². The molecule has 186 valence electrons. The molecular weight excluding hydrogens is 483 g/mol. The number of rotatable bonds is 5. The summed E-state index contributed by atoms with van der Waals surface area (Å²) in [6.07, 6.45) is 4.67. The summed E-state index contributed by atoms with van der Waals surface area (Å²) in [4.78, 5) is 20.1. The van der Waals surface area contributed by atoms with E-state index in [0.717, 1.165) is 35.6 Å². The number of aromatic nitrogens is 2. The largest absolute Gasteiger partial charge is 0.396 e. The third-order valence-electron chi connectivity index (χ3n) is 7.75. The molecule has 35 heavy (non-hydrogen) atoms. The van der Waals surface area contributed by atoms with Crippen molar-refractivity contribution in [3.63, 3.8) is 0 Å². The van der Waals surface area contributed by atoms with Gasteiger partial charge in [-0.3, -0.25) is 4.79 Å². The number of carbonyl (C=O) groups is 1. The van der Waals surface area contributed by atoms with Crippen LogP contribution in [-0.4, -0.2) is 45.2 Å². The lowest BCUT2D eigenvalue weighted by atomic mass is 9.74. The van der Waals surface area contributed by atoms with Gasteiger partial charge in [0.2, 0.25) is 0 Å². The summed E-state index contributed by atoms with van der Waals surface area (Å²) in [6, 6.07) is 5.70. The maximum Gasteiger partial charge on any atom is 0.255 e. The molecule has 1 N–H and O–H groups in total. The van der Waals surface area contributed by atoms with Gasteiger partial charge < -0.3 is 14.6 Å². The highest BCUT2D eigenvalue weighted by Gasteiger charge is 2.34. The third kappa shape index (κ3) is 4.87. The normalized spacial score (nSPS) is 18.7. The summed E-state index contributed by atoms with van der Waals surface area (Å²) in [5.41, 5.74) is 3.62. The summed E-state index contributed by atoms with van der Waals surface area (Å²) in [5, 5.41) is 19.9. The van der Waals surface area contributed by atoms with Gasteiger partial charge in [-0.25, -0.2) is 4.98 Å². The SMILES string of the molecule is CC1CC(C#N)=Cc2c1nc(Cc1c(Cl)ccc(C(=O)N3CCC(C(C)(C)CO)CC3)c1Cl)n2C. The summed E-state index contributed by atoms with van der Waals surface area (Å²) in [5.74, 6) is 1.22. The molecule has 1 aliphatic heterocycles. The van der Waals surface area contributed by atoms with Crippen molar-refractivity contribution in [2.75, 3.05) is 19.7 Å². The summed E-state index contributed by atoms with van der Waals surface area (Å²) in [6.45, 7) is 7.64. The Balaban J connectivity index is 1.58. The van der Waals surface area contributed by atoms with Gasteiger partial charge >= 0.3 is 0 Å². The number of carbonyl (C=O) groups excluding carboxylic acids is 1. The zero-order valence-corrected chi connectivity index (χ0v) is 22.2. The van der Waals surface area contributed by atoms with Crippen LogP contribution in [0.25, 0.3) is 6.08 Å². The number of hydrogen-bond acceptors (Lipinski definition) is 4. The highest BCUT2D eigenvalue weighted by atomic mass is 35.5. The second-order valence-corrected chi connectivity index (χ2v) is 11.3. The van der Waals surface area contributed by atoms with Crippen molar-refractivity contribution >= 4 is 35.2 Å². The average molecular weight is 515 g/mol. The maximum absolute atomic E-state index is 13.4. The lowest BCUT2D eigenvalue weighted by Crippen LogP contribution is -2.43. The Labute approximate surface area is 217 Å². The van der Waals surface area contributed by atoms with Crippen molar-refractivity contribution in [1.82, 2.24) is 14.5 Å². The Morgan fingerprint density at radius 2 is 1.97 bits per heavy atom. The van der Waals surface area contributed by atoms with Gasteiger partial charge in [0.15, 0.2) is 0 Å². The molecule has 1 fully saturated rings. The Morgan fingerprint density at radius 3 is 2.60 bits per heavy atom. The molecule has 4 rings (SSSR count). The first-order valence-electron chi connectivity index (χ1n) is 12.1. The number of amides is 1. The highest BCUT2D eigenvalue weighted by Crippen LogP contribution is 2.37. The van der Waals surface area contributed by atoms with Crippen LogP contribution in [0.3, 0.4) is 0 Å². The number of halogens is 2. The molecule has 2 aliphatic rings. The number of piperidine rings is 1. The van der Waals surface area contributed by atoms with Crippen LogP contribution in [0.2, 0.25) is 10.0 Å². The van der Waals surface area contributed by atoms with E-state index in [9.17, 15) is 15.2 Å². The number of benzene rings is 1. The molecule has 1 aromatic heterocycles. The number of likely N-dealkylation sites (tertiary alicyclic amines) is 1. The van der Waals surface area contributed by atoms with Crippen LogP contribution in [0.5, 0.6) is 0 Å². The van der Waals surface area contributed by atoms with Gasteiger partial charge in [0.25, 0.3) is 5.91 Å². The first kappa shape index (κ1) is 25.8. The van der Waals surface area contributed by atoms with Crippen LogP contribution in [0.4, 0.5) is 0 Å². The van der Waals surface area contributed by atoms with Crippen molar-refractivity contribution in [3.05, 3.63) is 56.1 Å². The van der Waals surface area contributed by atoms with E-state index in [0.29, 0.717) is 53.0 Å². The predicted octanol–water partition coefficient (Wildman–Crippen LogP) is 5.60. The number of aliphatic hydroxyl groups excluding tert-OH is 1. The number of aliphatic hydroxyl groups is 1. The van der Waals surface area contributed by atoms with E-state index in [-0.39, 0.29) is 23.8 Å². The molecule has 0 radical (unpaired) electrons. The molecule has 1 aromatic carbocycles. The minimum Gasteiger partial charge on any atom is -0.396 e. The monoisotopic (exact) mass is 514 g/mol. The smallest absolute Gasteiger partial charge is 0.255 e. The summed E-state index contributed by atoms with van der Waals surface area (Å²) < 4.78 is 1.98. The molecule has 0 spiro atoms. The van der Waals surface area contributed by atoms with E-state index >= 15 is 0 Å². The number of allylic oxidation sites excluding steroid dienone is 1. The fourth-order valence-electron chi connectivity index (χ4n) is 5.25. The molecule has 0 bridgehead atoms. The summed E-state index contributed by atoms with van der Waals surface area (Å²) in [7, 11) is 1.93. The quantitative estimate of drug-likeness (QED) is 0.562. The second-order valence-electron chi connectivity index (χ2n) is 10.5. The van der Waals surface area contributed by atoms with E-state index in [2.05, 4.69) is 26.8 Å². The molecule has 2 aromatic rings. The van der Waals surface area contributed by atoms with Gasteiger partial charge in [0.05, 0.1) is 28.0 Å². The number of nitrogens with zero attached hydrogens (tertiary/aromatic N) is 4. The van der Waals surface area contributed by atoms with Crippen LogP contribution >= 0.6 is 23.2 Å². The lowest BCUT2D eigenvalue weighted by molar-refractivity contribution is 0.0409. The van der Waals surface area contributed by atoms with Gasteiger partial charge in [0.1, 0.15) is 5.82 Å². The van der Waals surface area contributed by atoms with Gasteiger partial charge in [-0.1, -0.05) is 44.0 Å². The Bertz CT molecular complexity index is 1220. The minimum atomic E-state index is -0.151. The van der Waals surface area contributed by atoms with Crippen LogP contribution in [-0.2, 0) is 13.5 Å². The minimum absolute atomic E-state index is 0.0949. The van der Waals surface area contributed by atoms with Crippen LogP contribution < -0.4 is 0 Å². The van der Waals surface area contributed by atoms with Crippen molar-refractivity contribution < 1.29 is 9.90 Å². The van der Waals surface area contributed by atoms with E-state index in [1.807, 2.05) is 22.6 Å². The average Bonchev–Trinajstić information content (AvgIpc) is 3.17. The van der Waals surface area contributed by atoms with Crippen LogP contribution in [0.15, 0.2) is 17.7 Å². The van der Waals surface area contributed by atoms with E-state index < -0.39 is 0 Å². The van der Waals surface area contributed by atoms with Crippen molar-refractivity contribution in [3.8, 4) is 6.07 Å². The first-order chi connectivity index (χ1) is 16.6. The molecule has 1 amide bonds. The van der Waals surface area contributed by atoms with Gasteiger partial charge in [-0.15, -0.1) is 0 Å². The molecule has 1 unspecified atom stereocenters. The fraction of sp³-hybridized carbons (Fsp3) is 0.519. The van der Waals surface area contributed by atoms with Gasteiger partial charge in [0, 0.05) is 49.7 Å². The fourth-order valence-corrected chi connectivity index (χ4v) is 5.83. The number of fused-ring (bicyclic) bond motifs is 1. The number of imidazole rings is 1. The molecule has 1 saturated heterocycles. The zero-order valence-electron chi connectivity index (χ0n) is 20.7. The topological polar surface area (TPSA) is 82.2 Å². The second kappa shape index (κ2) is 9.97. The van der Waals surface area contributed by atoms with Crippen LogP contribution in [0, 0.1) is 22.7 Å². The molecular formula is C27H32Cl2N4O2. The number of nitriles is 1. The van der Waals surface area contributed by atoms with Crippen molar-refractivity contribution in [2.24, 2.45) is 18.4 Å². The Kier molecular flexibility index (Phi) is 7.33. The third-order valence-corrected chi connectivity index (χ3v) is 8.54.